The minimum Gasteiger partial charge on any atom is -0.477 e. The largest absolute Gasteiger partial charge is 0.477 e. The number of nitrogens with one attached hydrogen (secondary N) is 3. The molecule has 2 heterocycles. The number of carboxylic acids is 1. The number of benzene rings is 2. The average Bonchev–Trinajstić information content (AvgIpc) is 3.28. The monoisotopic (exact) mass is 540 g/mol. The molecular weight excluding hydrogens is 508 g/mol. The maximum absolute atomic E-state index is 13.8. The van der Waals surface area contributed by atoms with E-state index in [1.165, 1.54) is 0 Å². The Bertz CT molecular complexity index is 1290. The van der Waals surface area contributed by atoms with Gasteiger partial charge < -0.3 is 25.0 Å². The van der Waals surface area contributed by atoms with Crippen LogP contribution in [0.15, 0.2) is 48.5 Å². The molecule has 202 valence electrons. The smallest absolute Gasteiger partial charge is 0.352 e. The second-order valence-electron chi connectivity index (χ2n) is 9.83. The number of rotatable bonds is 10. The number of hydrogen-bond donors (Lipinski definition) is 4. The summed E-state index contributed by atoms with van der Waals surface area (Å²) in [5, 5.41) is 17.2. The zero-order valence-electron chi connectivity index (χ0n) is 21.5. The molecule has 2 amide bonds. The van der Waals surface area contributed by atoms with Gasteiger partial charge in [0.25, 0.3) is 0 Å². The molecule has 38 heavy (non-hydrogen) atoms. The van der Waals surface area contributed by atoms with E-state index < -0.39 is 24.0 Å². The number of ether oxygens (including phenoxy) is 1. The normalized spacial score (nSPS) is 15.4. The predicted molar refractivity (Wildman–Crippen MR) is 145 cm³/mol. The lowest BCUT2D eigenvalue weighted by molar-refractivity contribution is -0.138. The first-order valence-corrected chi connectivity index (χ1v) is 13.1. The summed E-state index contributed by atoms with van der Waals surface area (Å²) in [5.74, 6) is -1.64. The summed E-state index contributed by atoms with van der Waals surface area (Å²) in [6.45, 7) is 6.09. The topological polar surface area (TPSA) is 124 Å². The summed E-state index contributed by atoms with van der Waals surface area (Å²) in [6.07, 6.45) is 0.468. The second-order valence-corrected chi connectivity index (χ2v) is 10.3. The number of fused-ring (bicyclic) bond motifs is 1. The Labute approximate surface area is 226 Å². The highest BCUT2D eigenvalue weighted by molar-refractivity contribution is 6.31. The van der Waals surface area contributed by atoms with Crippen LogP contribution in [0, 0.1) is 5.92 Å². The third kappa shape index (κ3) is 6.53. The fourth-order valence-electron chi connectivity index (χ4n) is 4.75. The maximum Gasteiger partial charge on any atom is 0.352 e. The molecule has 3 aromatic rings. The number of hydrogen-bond acceptors (Lipinski definition) is 5. The minimum absolute atomic E-state index is 0.128. The lowest BCUT2D eigenvalue weighted by atomic mass is 9.97. The van der Waals surface area contributed by atoms with Gasteiger partial charge in [-0.3, -0.25) is 14.9 Å². The Kier molecular flexibility index (Phi) is 9.04. The van der Waals surface area contributed by atoms with Gasteiger partial charge in [0.1, 0.15) is 11.7 Å². The molecule has 1 aromatic heterocycles. The molecular formula is C28H33ClN4O5. The molecule has 1 aliphatic heterocycles. The van der Waals surface area contributed by atoms with Crippen LogP contribution >= 0.6 is 11.6 Å². The van der Waals surface area contributed by atoms with Crippen molar-refractivity contribution < 1.29 is 24.2 Å². The summed E-state index contributed by atoms with van der Waals surface area (Å²) < 4.78 is 5.40. The summed E-state index contributed by atoms with van der Waals surface area (Å²) in [7, 11) is 0. The van der Waals surface area contributed by atoms with Crippen LogP contribution in [0.25, 0.3) is 10.9 Å². The molecule has 4 rings (SSSR count). The third-order valence-electron chi connectivity index (χ3n) is 6.57. The summed E-state index contributed by atoms with van der Waals surface area (Å²) in [6, 6.07) is 12.6. The SMILES string of the molecule is CC(C)CC(NC(C(=O)NCc1ccccc1)c1c(C(=O)O)[nH]c2cc(Cl)ccc12)C(=O)N1CCOCC1. The maximum atomic E-state index is 13.8. The number of aromatic amines is 1. The second kappa shape index (κ2) is 12.4. The molecule has 1 saturated heterocycles. The highest BCUT2D eigenvalue weighted by Gasteiger charge is 2.35. The van der Waals surface area contributed by atoms with Crippen molar-refractivity contribution in [3.05, 3.63) is 70.4 Å². The molecule has 4 N–H and O–H groups in total. The van der Waals surface area contributed by atoms with E-state index in [2.05, 4.69) is 15.6 Å². The highest BCUT2D eigenvalue weighted by atomic mass is 35.5. The van der Waals surface area contributed by atoms with Crippen molar-refractivity contribution >= 4 is 40.3 Å². The number of carboxylic acid groups (broad SMARTS) is 1. The van der Waals surface area contributed by atoms with Crippen LogP contribution in [-0.4, -0.2) is 65.1 Å². The van der Waals surface area contributed by atoms with Crippen molar-refractivity contribution in [3.8, 4) is 0 Å². The standard InChI is InChI=1S/C28H33ClN4O5/c1-17(2)14-22(27(35)33-10-12-38-13-11-33)32-24(26(34)30-16-18-6-4-3-5-7-18)23-20-9-8-19(29)15-21(20)31-25(23)28(36)37/h3-9,15,17,22,24,31-32H,10-14,16H2,1-2H3,(H,30,34)(H,36,37). The molecule has 0 aliphatic carbocycles. The molecule has 1 fully saturated rings. The van der Waals surface area contributed by atoms with Gasteiger partial charge in [0.15, 0.2) is 0 Å². The molecule has 10 heteroatoms. The van der Waals surface area contributed by atoms with Crippen molar-refractivity contribution in [3.63, 3.8) is 0 Å². The molecule has 0 spiro atoms. The van der Waals surface area contributed by atoms with E-state index in [4.69, 9.17) is 16.3 Å². The Morgan fingerprint density at radius 3 is 2.47 bits per heavy atom. The van der Waals surface area contributed by atoms with E-state index in [0.717, 1.165) is 5.56 Å². The van der Waals surface area contributed by atoms with Crippen molar-refractivity contribution in [1.82, 2.24) is 20.5 Å². The number of nitrogens with zero attached hydrogens (tertiary/aromatic N) is 1. The Balaban J connectivity index is 1.74. The first kappa shape index (κ1) is 27.6. The number of aromatic carboxylic acids is 1. The molecule has 9 nitrogen and oxygen atoms in total. The zero-order chi connectivity index (χ0) is 27.2. The minimum atomic E-state index is -1.21. The molecule has 2 atom stereocenters. The van der Waals surface area contributed by atoms with Crippen molar-refractivity contribution in [2.45, 2.75) is 38.9 Å². The first-order valence-electron chi connectivity index (χ1n) is 12.7. The van der Waals surface area contributed by atoms with Crippen LogP contribution < -0.4 is 10.6 Å². The third-order valence-corrected chi connectivity index (χ3v) is 6.81. The van der Waals surface area contributed by atoms with E-state index in [1.807, 2.05) is 44.2 Å². The van der Waals surface area contributed by atoms with E-state index in [1.54, 1.807) is 23.1 Å². The van der Waals surface area contributed by atoms with Gasteiger partial charge >= 0.3 is 5.97 Å². The Hall–Kier alpha value is -3.40. The van der Waals surface area contributed by atoms with Crippen LogP contribution in [-0.2, 0) is 20.9 Å². The fraction of sp³-hybridized carbons (Fsp3) is 0.393. The van der Waals surface area contributed by atoms with Gasteiger partial charge in [0.05, 0.1) is 19.3 Å². The van der Waals surface area contributed by atoms with E-state index in [9.17, 15) is 19.5 Å². The zero-order valence-corrected chi connectivity index (χ0v) is 22.3. The molecule has 0 saturated carbocycles. The molecule has 2 unspecified atom stereocenters. The first-order chi connectivity index (χ1) is 18.2. The van der Waals surface area contributed by atoms with E-state index in [-0.39, 0.29) is 29.6 Å². The number of H-pyrrole nitrogens is 1. The highest BCUT2D eigenvalue weighted by Crippen LogP contribution is 2.31. The lowest BCUT2D eigenvalue weighted by Gasteiger charge is -2.33. The van der Waals surface area contributed by atoms with Gasteiger partial charge in [-0.25, -0.2) is 4.79 Å². The van der Waals surface area contributed by atoms with Gasteiger partial charge in [0.2, 0.25) is 11.8 Å². The Morgan fingerprint density at radius 1 is 1.11 bits per heavy atom. The van der Waals surface area contributed by atoms with Crippen LogP contribution in [0.4, 0.5) is 0 Å². The molecule has 0 bridgehead atoms. The van der Waals surface area contributed by atoms with Crippen LogP contribution in [0.1, 0.15) is 47.9 Å². The van der Waals surface area contributed by atoms with Gasteiger partial charge in [-0.2, -0.15) is 0 Å². The fourth-order valence-corrected chi connectivity index (χ4v) is 4.93. The predicted octanol–water partition coefficient (Wildman–Crippen LogP) is 3.74. The van der Waals surface area contributed by atoms with Gasteiger partial charge in [-0.15, -0.1) is 0 Å². The number of morpholine rings is 1. The van der Waals surface area contributed by atoms with Crippen molar-refractivity contribution in [2.75, 3.05) is 26.3 Å². The van der Waals surface area contributed by atoms with Crippen molar-refractivity contribution in [1.29, 1.82) is 0 Å². The Morgan fingerprint density at radius 2 is 1.82 bits per heavy atom. The van der Waals surface area contributed by atoms with Gasteiger partial charge in [0, 0.05) is 41.1 Å². The van der Waals surface area contributed by atoms with Crippen LogP contribution in [0.3, 0.4) is 0 Å². The van der Waals surface area contributed by atoms with Crippen molar-refractivity contribution in [2.24, 2.45) is 5.92 Å². The lowest BCUT2D eigenvalue weighted by Crippen LogP contribution is -2.53. The molecule has 0 radical (unpaired) electrons. The van der Waals surface area contributed by atoms with Crippen LogP contribution in [0.5, 0.6) is 0 Å². The number of amides is 2. The molecule has 1 aliphatic rings. The quantitative estimate of drug-likeness (QED) is 0.310. The van der Waals surface area contributed by atoms with Gasteiger partial charge in [-0.05, 0) is 30.0 Å². The summed E-state index contributed by atoms with van der Waals surface area (Å²) in [4.78, 5) is 44.3. The number of carbonyl (C=O) groups is 3. The average molecular weight is 541 g/mol. The number of halogens is 1. The summed E-state index contributed by atoms with van der Waals surface area (Å²) >= 11 is 6.17. The van der Waals surface area contributed by atoms with E-state index >= 15 is 0 Å². The van der Waals surface area contributed by atoms with Gasteiger partial charge in [-0.1, -0.05) is 61.8 Å². The number of aromatic nitrogens is 1. The number of carbonyl (C=O) groups excluding carboxylic acids is 2. The van der Waals surface area contributed by atoms with E-state index in [0.29, 0.717) is 48.6 Å². The molecule has 2 aromatic carbocycles. The summed E-state index contributed by atoms with van der Waals surface area (Å²) in [5.41, 5.74) is 1.52. The van der Waals surface area contributed by atoms with Crippen LogP contribution in [0.2, 0.25) is 5.02 Å².